The highest BCUT2D eigenvalue weighted by atomic mass is 16.1. The van der Waals surface area contributed by atoms with E-state index >= 15 is 0 Å². The summed E-state index contributed by atoms with van der Waals surface area (Å²) >= 11 is 0. The van der Waals surface area contributed by atoms with Gasteiger partial charge in [0, 0.05) is 25.0 Å². The Balaban J connectivity index is 1.96. The van der Waals surface area contributed by atoms with Gasteiger partial charge in [-0.2, -0.15) is 0 Å². The summed E-state index contributed by atoms with van der Waals surface area (Å²) in [7, 11) is 0. The number of fused-ring (bicyclic) bond motifs is 3. The molecule has 3 nitrogen and oxygen atoms in total. The number of amides is 1. The average molecular weight is 216 g/mol. The van der Waals surface area contributed by atoms with Crippen LogP contribution in [0.4, 0.5) is 0 Å². The van der Waals surface area contributed by atoms with Crippen LogP contribution in [-0.2, 0) is 10.2 Å². The fourth-order valence-corrected chi connectivity index (χ4v) is 3.02. The van der Waals surface area contributed by atoms with Gasteiger partial charge in [-0.05, 0) is 18.4 Å². The molecule has 0 aromatic heterocycles. The number of carbonyl (C=O) groups is 1. The molecule has 3 aliphatic rings. The van der Waals surface area contributed by atoms with E-state index in [-0.39, 0.29) is 5.41 Å². The molecule has 3 heterocycles. The lowest BCUT2D eigenvalue weighted by Gasteiger charge is -2.53. The lowest BCUT2D eigenvalue weighted by Crippen LogP contribution is -2.61. The van der Waals surface area contributed by atoms with Gasteiger partial charge in [0.2, 0.25) is 6.41 Å². The van der Waals surface area contributed by atoms with E-state index in [2.05, 4.69) is 35.3 Å². The Morgan fingerprint density at radius 1 is 1.12 bits per heavy atom. The summed E-state index contributed by atoms with van der Waals surface area (Å²) in [5.41, 5.74) is 1.60. The molecule has 0 atom stereocenters. The monoisotopic (exact) mass is 216 g/mol. The number of hydrazine groups is 1. The van der Waals surface area contributed by atoms with E-state index in [1.54, 1.807) is 0 Å². The van der Waals surface area contributed by atoms with Crippen LogP contribution < -0.4 is 0 Å². The summed E-state index contributed by atoms with van der Waals surface area (Å²) in [6, 6.07) is 10.6. The van der Waals surface area contributed by atoms with Crippen LogP contribution in [0.3, 0.4) is 0 Å². The quantitative estimate of drug-likeness (QED) is 0.698. The third kappa shape index (κ3) is 1.35. The summed E-state index contributed by atoms with van der Waals surface area (Å²) < 4.78 is 0. The van der Waals surface area contributed by atoms with Gasteiger partial charge >= 0.3 is 0 Å². The molecule has 0 saturated carbocycles. The molecular weight excluding hydrogens is 200 g/mol. The van der Waals surface area contributed by atoms with Gasteiger partial charge in [-0.25, -0.2) is 5.01 Å². The molecule has 3 heteroatoms. The molecule has 0 unspecified atom stereocenters. The van der Waals surface area contributed by atoms with Crippen LogP contribution in [0, 0.1) is 0 Å². The van der Waals surface area contributed by atoms with E-state index in [4.69, 9.17) is 0 Å². The maximum absolute atomic E-state index is 11.0. The largest absolute Gasteiger partial charge is 0.277 e. The molecular formula is C13H16N2O. The maximum atomic E-state index is 11.0. The predicted molar refractivity (Wildman–Crippen MR) is 61.7 cm³/mol. The predicted octanol–water partition coefficient (Wildman–Crippen LogP) is 1.41. The topological polar surface area (TPSA) is 23.6 Å². The van der Waals surface area contributed by atoms with Crippen molar-refractivity contribution in [3.63, 3.8) is 0 Å². The standard InChI is InChI=1S/C13H16N2O/c16-11-15-10-13(6-8-14(15)9-7-13)12-4-2-1-3-5-12/h1-5,11H,6-10H2. The van der Waals surface area contributed by atoms with E-state index in [1.165, 1.54) is 18.4 Å². The first-order valence-corrected chi connectivity index (χ1v) is 5.86. The summed E-state index contributed by atoms with van der Waals surface area (Å²) in [4.78, 5) is 11.0. The highest BCUT2D eigenvalue weighted by Crippen LogP contribution is 2.40. The van der Waals surface area contributed by atoms with Crippen molar-refractivity contribution in [2.75, 3.05) is 19.6 Å². The van der Waals surface area contributed by atoms with Crippen LogP contribution in [0.2, 0.25) is 0 Å². The van der Waals surface area contributed by atoms with Gasteiger partial charge in [-0.1, -0.05) is 30.3 Å². The molecule has 3 saturated heterocycles. The van der Waals surface area contributed by atoms with Gasteiger partial charge in [-0.15, -0.1) is 0 Å². The van der Waals surface area contributed by atoms with Crippen LogP contribution in [0.5, 0.6) is 0 Å². The number of benzene rings is 1. The summed E-state index contributed by atoms with van der Waals surface area (Å²) in [6.07, 6.45) is 3.30. The molecule has 3 fully saturated rings. The van der Waals surface area contributed by atoms with Crippen molar-refractivity contribution >= 4 is 6.41 Å². The molecule has 16 heavy (non-hydrogen) atoms. The molecule has 0 N–H and O–H groups in total. The minimum Gasteiger partial charge on any atom is -0.277 e. The summed E-state index contributed by atoms with van der Waals surface area (Å²) in [5, 5.41) is 4.01. The van der Waals surface area contributed by atoms with Gasteiger partial charge in [-0.3, -0.25) is 9.80 Å². The van der Waals surface area contributed by atoms with Crippen molar-refractivity contribution in [2.45, 2.75) is 18.3 Å². The van der Waals surface area contributed by atoms with Crippen LogP contribution >= 0.6 is 0 Å². The Bertz CT molecular complexity index is 382. The van der Waals surface area contributed by atoms with E-state index in [1.807, 2.05) is 5.01 Å². The van der Waals surface area contributed by atoms with E-state index in [0.29, 0.717) is 0 Å². The fourth-order valence-electron chi connectivity index (χ4n) is 3.02. The van der Waals surface area contributed by atoms with Gasteiger partial charge in [0.1, 0.15) is 0 Å². The molecule has 3 aliphatic heterocycles. The molecule has 2 bridgehead atoms. The zero-order valence-electron chi connectivity index (χ0n) is 9.30. The Hall–Kier alpha value is -1.35. The third-order valence-electron chi connectivity index (χ3n) is 4.03. The van der Waals surface area contributed by atoms with Crippen LogP contribution in [0.25, 0.3) is 0 Å². The van der Waals surface area contributed by atoms with Crippen molar-refractivity contribution in [3.8, 4) is 0 Å². The molecule has 0 spiro atoms. The van der Waals surface area contributed by atoms with Crippen molar-refractivity contribution in [2.24, 2.45) is 0 Å². The van der Waals surface area contributed by atoms with E-state index in [0.717, 1.165) is 26.0 Å². The normalized spacial score (nSPS) is 32.8. The second-order valence-electron chi connectivity index (χ2n) is 4.80. The lowest BCUT2D eigenvalue weighted by atomic mass is 9.71. The van der Waals surface area contributed by atoms with E-state index in [9.17, 15) is 4.79 Å². The molecule has 84 valence electrons. The average Bonchev–Trinajstić information content (AvgIpc) is 2.41. The minimum absolute atomic E-state index is 0.205. The molecule has 0 radical (unpaired) electrons. The smallest absolute Gasteiger partial charge is 0.224 e. The maximum Gasteiger partial charge on any atom is 0.224 e. The highest BCUT2D eigenvalue weighted by Gasteiger charge is 2.44. The molecule has 4 rings (SSSR count). The van der Waals surface area contributed by atoms with Crippen molar-refractivity contribution in [1.82, 2.24) is 10.0 Å². The Labute approximate surface area is 95.6 Å². The number of hydrogen-bond donors (Lipinski definition) is 0. The zero-order chi connectivity index (χ0) is 11.0. The van der Waals surface area contributed by atoms with Gasteiger partial charge in [0.15, 0.2) is 0 Å². The van der Waals surface area contributed by atoms with Gasteiger partial charge < -0.3 is 0 Å². The number of carbonyl (C=O) groups excluding carboxylic acids is 1. The van der Waals surface area contributed by atoms with E-state index < -0.39 is 0 Å². The fraction of sp³-hybridized carbons (Fsp3) is 0.462. The molecule has 1 amide bonds. The number of hydrogen-bond acceptors (Lipinski definition) is 2. The zero-order valence-corrected chi connectivity index (χ0v) is 9.30. The molecule has 0 aliphatic carbocycles. The second kappa shape index (κ2) is 3.59. The lowest BCUT2D eigenvalue weighted by molar-refractivity contribution is -0.155. The minimum atomic E-state index is 0.205. The van der Waals surface area contributed by atoms with Gasteiger partial charge in [0.25, 0.3) is 0 Å². The summed E-state index contributed by atoms with van der Waals surface area (Å²) in [6.45, 7) is 2.86. The van der Waals surface area contributed by atoms with Crippen LogP contribution in [0.1, 0.15) is 18.4 Å². The highest BCUT2D eigenvalue weighted by molar-refractivity contribution is 5.48. The first-order valence-electron chi connectivity index (χ1n) is 5.86. The number of nitrogens with zero attached hydrogens (tertiary/aromatic N) is 2. The molecule has 1 aromatic rings. The summed E-state index contributed by atoms with van der Waals surface area (Å²) in [5.74, 6) is 0. The third-order valence-corrected chi connectivity index (χ3v) is 4.03. The first kappa shape index (κ1) is 9.85. The van der Waals surface area contributed by atoms with Gasteiger partial charge in [0.05, 0.1) is 0 Å². The Kier molecular flexibility index (Phi) is 2.21. The number of rotatable bonds is 2. The number of piperidine rings is 1. The Morgan fingerprint density at radius 3 is 2.44 bits per heavy atom. The van der Waals surface area contributed by atoms with Crippen LogP contribution in [0.15, 0.2) is 30.3 Å². The second-order valence-corrected chi connectivity index (χ2v) is 4.80. The Morgan fingerprint density at radius 2 is 1.81 bits per heavy atom. The van der Waals surface area contributed by atoms with Crippen LogP contribution in [-0.4, -0.2) is 36.1 Å². The van der Waals surface area contributed by atoms with Crippen molar-refractivity contribution in [3.05, 3.63) is 35.9 Å². The SMILES string of the molecule is O=CN1CC2(c3ccccc3)CCN1CC2. The van der Waals surface area contributed by atoms with Crippen molar-refractivity contribution < 1.29 is 4.79 Å². The first-order chi connectivity index (χ1) is 7.84. The van der Waals surface area contributed by atoms with Crippen molar-refractivity contribution in [1.29, 1.82) is 0 Å². The molecule has 1 aromatic carbocycles.